The number of rotatable bonds is 9. The lowest BCUT2D eigenvalue weighted by Crippen LogP contribution is -2.42. The summed E-state index contributed by atoms with van der Waals surface area (Å²) in [4.78, 5) is 35.0. The van der Waals surface area contributed by atoms with E-state index in [0.717, 1.165) is 0 Å². The monoisotopic (exact) mass is 445 g/mol. The molecule has 9 heteroatoms. The van der Waals surface area contributed by atoms with Crippen LogP contribution < -0.4 is 15.5 Å². The lowest BCUT2D eigenvalue weighted by Gasteiger charge is -2.17. The van der Waals surface area contributed by atoms with Gasteiger partial charge >= 0.3 is 0 Å². The molecular weight excluding hydrogens is 417 g/mol. The van der Waals surface area contributed by atoms with E-state index in [-0.39, 0.29) is 37.6 Å². The number of ether oxygens (including phenoxy) is 1. The molecule has 3 N–H and O–H groups in total. The third kappa shape index (κ3) is 5.82. The molecule has 1 atom stereocenters. The molecule has 0 aromatic heterocycles. The number of aldehydes is 1. The van der Waals surface area contributed by atoms with E-state index in [4.69, 9.17) is 4.74 Å². The van der Waals surface area contributed by atoms with Crippen molar-refractivity contribution in [2.24, 2.45) is 0 Å². The van der Waals surface area contributed by atoms with Crippen molar-refractivity contribution in [3.63, 3.8) is 0 Å². The quantitative estimate of drug-likeness (QED) is 0.513. The van der Waals surface area contributed by atoms with Gasteiger partial charge in [-0.05, 0) is 24.6 Å². The van der Waals surface area contributed by atoms with Crippen LogP contribution in [0.4, 0.5) is 10.1 Å². The minimum atomic E-state index is -1.21. The maximum absolute atomic E-state index is 14.4. The average molecular weight is 445 g/mol. The maximum atomic E-state index is 14.4. The van der Waals surface area contributed by atoms with E-state index in [2.05, 4.69) is 10.7 Å². The van der Waals surface area contributed by atoms with Crippen molar-refractivity contribution < 1.29 is 28.6 Å². The Labute approximate surface area is 186 Å². The summed E-state index contributed by atoms with van der Waals surface area (Å²) in [5.41, 5.74) is 4.66. The fraction of sp³-hybridized carbons (Fsp3) is 0.348. The third-order valence-electron chi connectivity index (χ3n) is 4.78. The van der Waals surface area contributed by atoms with Crippen LogP contribution in [0.2, 0.25) is 0 Å². The van der Waals surface area contributed by atoms with Crippen molar-refractivity contribution in [1.29, 1.82) is 0 Å². The van der Waals surface area contributed by atoms with Gasteiger partial charge in [0.25, 0.3) is 5.91 Å². The van der Waals surface area contributed by atoms with E-state index in [9.17, 15) is 23.9 Å². The Morgan fingerprint density at radius 1 is 1.28 bits per heavy atom. The molecule has 0 saturated carbocycles. The van der Waals surface area contributed by atoms with Crippen LogP contribution in [0.25, 0.3) is 0 Å². The van der Waals surface area contributed by atoms with Crippen LogP contribution in [-0.2, 0) is 22.7 Å². The highest BCUT2D eigenvalue weighted by Gasteiger charge is 2.30. The van der Waals surface area contributed by atoms with Gasteiger partial charge in [-0.1, -0.05) is 32.0 Å². The Kier molecular flexibility index (Phi) is 9.15. The number of nitrogens with one attached hydrogen (secondary N) is 2. The van der Waals surface area contributed by atoms with Crippen LogP contribution in [0.15, 0.2) is 36.4 Å². The summed E-state index contributed by atoms with van der Waals surface area (Å²) in [6.45, 7) is 4.32. The zero-order valence-electron chi connectivity index (χ0n) is 18.4. The zero-order valence-corrected chi connectivity index (χ0v) is 18.4. The summed E-state index contributed by atoms with van der Waals surface area (Å²) in [5.74, 6) is -1.16. The van der Waals surface area contributed by atoms with Gasteiger partial charge in [-0.3, -0.25) is 15.0 Å². The van der Waals surface area contributed by atoms with Crippen LogP contribution in [0.1, 0.15) is 48.2 Å². The number of fused-ring (bicyclic) bond motifs is 1. The first-order chi connectivity index (χ1) is 15.4. The standard InChI is InChI=1S/C21H22FN3O5.C2H6/c1-30-18-7-2-4-13(20(18)22)10-23-17-6-3-5-15-16(17)11-25(21(15)29)24-19(28)9-8-14(27)12-26;1-2/h2-7,12,14,23,27H,8-11H2,1H3,(H,24,28);1-2H3. The number of nitrogens with zero attached hydrogens (tertiary/aromatic N) is 1. The second-order valence-corrected chi connectivity index (χ2v) is 6.79. The summed E-state index contributed by atoms with van der Waals surface area (Å²) >= 11 is 0. The molecule has 0 fully saturated rings. The van der Waals surface area contributed by atoms with Gasteiger partial charge in [-0.25, -0.2) is 9.40 Å². The highest BCUT2D eigenvalue weighted by atomic mass is 19.1. The Hall–Kier alpha value is -3.46. The van der Waals surface area contributed by atoms with E-state index < -0.39 is 17.8 Å². The maximum Gasteiger partial charge on any atom is 0.273 e. The second-order valence-electron chi connectivity index (χ2n) is 6.79. The van der Waals surface area contributed by atoms with E-state index in [1.807, 2.05) is 13.8 Å². The molecule has 0 spiro atoms. The molecule has 0 saturated heterocycles. The molecule has 2 amide bonds. The normalized spacial score (nSPS) is 12.9. The first kappa shape index (κ1) is 24.8. The number of carbonyl (C=O) groups is 3. The van der Waals surface area contributed by atoms with Crippen LogP contribution in [-0.4, -0.2) is 41.4 Å². The van der Waals surface area contributed by atoms with Gasteiger partial charge in [-0.2, -0.15) is 0 Å². The number of carbonyl (C=O) groups excluding carboxylic acids is 3. The number of aliphatic hydroxyl groups is 1. The van der Waals surface area contributed by atoms with Crippen molar-refractivity contribution in [3.05, 3.63) is 58.9 Å². The van der Waals surface area contributed by atoms with Gasteiger partial charge in [0.05, 0.1) is 13.7 Å². The molecule has 1 heterocycles. The Balaban J connectivity index is 0.00000176. The summed E-state index contributed by atoms with van der Waals surface area (Å²) in [6, 6.07) is 9.99. The van der Waals surface area contributed by atoms with Crippen LogP contribution in [0.3, 0.4) is 0 Å². The molecule has 3 rings (SSSR count). The molecule has 172 valence electrons. The van der Waals surface area contributed by atoms with Gasteiger partial charge in [0, 0.05) is 35.3 Å². The van der Waals surface area contributed by atoms with E-state index in [1.54, 1.807) is 30.3 Å². The number of hydrogen-bond acceptors (Lipinski definition) is 6. The smallest absolute Gasteiger partial charge is 0.273 e. The predicted molar refractivity (Wildman–Crippen MR) is 117 cm³/mol. The van der Waals surface area contributed by atoms with Crippen molar-refractivity contribution in [1.82, 2.24) is 10.4 Å². The van der Waals surface area contributed by atoms with Crippen LogP contribution >= 0.6 is 0 Å². The summed E-state index contributed by atoms with van der Waals surface area (Å²) in [5, 5.41) is 13.5. The fourth-order valence-electron chi connectivity index (χ4n) is 3.18. The van der Waals surface area contributed by atoms with E-state index >= 15 is 0 Å². The number of methoxy groups -OCH3 is 1. The third-order valence-corrected chi connectivity index (χ3v) is 4.78. The topological polar surface area (TPSA) is 108 Å². The first-order valence-electron chi connectivity index (χ1n) is 10.4. The SMILES string of the molecule is CC.COc1cccc(CNc2cccc3c2CN(NC(=O)CCC(O)C=O)C3=O)c1F. The Bertz CT molecular complexity index is 967. The van der Waals surface area contributed by atoms with Gasteiger partial charge < -0.3 is 20.0 Å². The highest BCUT2D eigenvalue weighted by molar-refractivity contribution is 6.00. The summed E-state index contributed by atoms with van der Waals surface area (Å²) in [6.07, 6.45) is -0.980. The first-order valence-corrected chi connectivity index (χ1v) is 10.4. The van der Waals surface area contributed by atoms with Crippen molar-refractivity contribution in [2.45, 2.75) is 45.9 Å². The van der Waals surface area contributed by atoms with E-state index in [1.165, 1.54) is 18.2 Å². The largest absolute Gasteiger partial charge is 0.494 e. The molecule has 32 heavy (non-hydrogen) atoms. The molecule has 1 aliphatic heterocycles. The van der Waals surface area contributed by atoms with Crippen LogP contribution in [0, 0.1) is 5.82 Å². The lowest BCUT2D eigenvalue weighted by molar-refractivity contribution is -0.126. The van der Waals surface area contributed by atoms with Gasteiger partial charge in [-0.15, -0.1) is 0 Å². The number of halogens is 1. The van der Waals surface area contributed by atoms with Gasteiger partial charge in [0.1, 0.15) is 12.4 Å². The number of benzene rings is 2. The summed E-state index contributed by atoms with van der Waals surface area (Å²) in [7, 11) is 1.40. The van der Waals surface area contributed by atoms with Gasteiger partial charge in [0.15, 0.2) is 11.6 Å². The van der Waals surface area contributed by atoms with Crippen molar-refractivity contribution >= 4 is 23.8 Å². The molecule has 0 bridgehead atoms. The fourth-order valence-corrected chi connectivity index (χ4v) is 3.18. The number of anilines is 1. The molecule has 2 aromatic carbocycles. The molecule has 0 aliphatic carbocycles. The van der Waals surface area contributed by atoms with Crippen molar-refractivity contribution in [3.8, 4) is 5.75 Å². The number of aliphatic hydroxyl groups excluding tert-OH is 1. The number of hydrogen-bond donors (Lipinski definition) is 3. The number of hydrazine groups is 1. The van der Waals surface area contributed by atoms with Crippen molar-refractivity contribution in [2.75, 3.05) is 12.4 Å². The molecule has 0 radical (unpaired) electrons. The minimum absolute atomic E-state index is 0.0246. The van der Waals surface area contributed by atoms with Gasteiger partial charge in [0.2, 0.25) is 5.91 Å². The summed E-state index contributed by atoms with van der Waals surface area (Å²) < 4.78 is 19.3. The highest BCUT2D eigenvalue weighted by Crippen LogP contribution is 2.29. The molecule has 8 nitrogen and oxygen atoms in total. The minimum Gasteiger partial charge on any atom is -0.494 e. The second kappa shape index (κ2) is 11.8. The zero-order chi connectivity index (χ0) is 23.7. The molecule has 1 aliphatic rings. The van der Waals surface area contributed by atoms with E-state index in [0.29, 0.717) is 28.7 Å². The predicted octanol–water partition coefficient (Wildman–Crippen LogP) is 2.80. The number of amides is 2. The van der Waals surface area contributed by atoms with Crippen LogP contribution in [0.5, 0.6) is 5.75 Å². The average Bonchev–Trinajstić information content (AvgIpc) is 3.13. The Morgan fingerprint density at radius 2 is 2.00 bits per heavy atom. The Morgan fingerprint density at radius 3 is 2.69 bits per heavy atom. The molecule has 1 unspecified atom stereocenters. The molecular formula is C23H28FN3O5. The lowest BCUT2D eigenvalue weighted by atomic mass is 10.1. The molecule has 2 aromatic rings.